The predicted molar refractivity (Wildman–Crippen MR) is 93.6 cm³/mol. The zero-order valence-corrected chi connectivity index (χ0v) is 14.3. The molecule has 5 nitrogen and oxygen atoms in total. The van der Waals surface area contributed by atoms with Gasteiger partial charge in [0.2, 0.25) is 0 Å². The highest BCUT2D eigenvalue weighted by atomic mass is 79.9. The molecule has 0 spiro atoms. The quantitative estimate of drug-likeness (QED) is 0.716. The van der Waals surface area contributed by atoms with Crippen LogP contribution in [0.2, 0.25) is 0 Å². The van der Waals surface area contributed by atoms with E-state index in [0.29, 0.717) is 10.9 Å². The van der Waals surface area contributed by atoms with E-state index >= 15 is 0 Å². The molecule has 0 aliphatic rings. The van der Waals surface area contributed by atoms with E-state index in [1.54, 1.807) is 24.5 Å². The summed E-state index contributed by atoms with van der Waals surface area (Å²) in [4.78, 5) is 20.3. The third-order valence-corrected chi connectivity index (χ3v) is 4.20. The zero-order chi connectivity index (χ0) is 16.1. The monoisotopic (exact) mass is 389 g/mol. The molecule has 116 valence electrons. The first kappa shape index (κ1) is 15.6. The van der Waals surface area contributed by atoms with Crippen molar-refractivity contribution in [3.63, 3.8) is 0 Å². The van der Waals surface area contributed by atoms with Crippen LogP contribution >= 0.6 is 27.3 Å². The number of anilines is 1. The lowest BCUT2D eigenvalue weighted by Crippen LogP contribution is -2.20. The number of thiazole rings is 1. The van der Waals surface area contributed by atoms with Gasteiger partial charge in [-0.3, -0.25) is 15.1 Å². The van der Waals surface area contributed by atoms with Gasteiger partial charge >= 0.3 is 0 Å². The molecule has 0 atom stereocenters. The first-order valence-electron chi connectivity index (χ1n) is 6.75. The molecule has 0 bridgehead atoms. The Bertz CT molecular complexity index is 791. The van der Waals surface area contributed by atoms with Crippen LogP contribution in [0.5, 0.6) is 5.75 Å². The molecule has 0 aliphatic heterocycles. The topological polar surface area (TPSA) is 64.1 Å². The zero-order valence-electron chi connectivity index (χ0n) is 11.9. The van der Waals surface area contributed by atoms with Crippen LogP contribution in [0.3, 0.4) is 0 Å². The minimum absolute atomic E-state index is 0.0637. The van der Waals surface area contributed by atoms with E-state index in [1.165, 1.54) is 11.3 Å². The van der Waals surface area contributed by atoms with E-state index in [2.05, 4.69) is 31.2 Å². The van der Waals surface area contributed by atoms with Crippen LogP contribution in [0, 0.1) is 0 Å². The summed E-state index contributed by atoms with van der Waals surface area (Å²) in [5.74, 6) is 0.392. The van der Waals surface area contributed by atoms with E-state index in [9.17, 15) is 4.79 Å². The van der Waals surface area contributed by atoms with Crippen LogP contribution in [-0.4, -0.2) is 22.5 Å². The van der Waals surface area contributed by atoms with Gasteiger partial charge in [0.05, 0.1) is 5.69 Å². The molecule has 0 saturated carbocycles. The molecular weight excluding hydrogens is 378 g/mol. The Kier molecular flexibility index (Phi) is 4.99. The Labute approximate surface area is 145 Å². The van der Waals surface area contributed by atoms with Gasteiger partial charge in [-0.25, -0.2) is 4.98 Å². The van der Waals surface area contributed by atoms with E-state index in [4.69, 9.17) is 4.74 Å². The van der Waals surface area contributed by atoms with Crippen molar-refractivity contribution in [2.24, 2.45) is 0 Å². The Morgan fingerprint density at radius 3 is 2.65 bits per heavy atom. The molecule has 3 aromatic rings. The molecule has 2 heterocycles. The summed E-state index contributed by atoms with van der Waals surface area (Å²) in [6.07, 6.45) is 3.41. The Morgan fingerprint density at radius 2 is 1.91 bits per heavy atom. The lowest BCUT2D eigenvalue weighted by molar-refractivity contribution is -0.118. The fourth-order valence-electron chi connectivity index (χ4n) is 1.82. The Morgan fingerprint density at radius 1 is 1.17 bits per heavy atom. The summed E-state index contributed by atoms with van der Waals surface area (Å²) in [6, 6.07) is 11.0. The van der Waals surface area contributed by atoms with Crippen molar-refractivity contribution in [2.75, 3.05) is 11.9 Å². The number of rotatable bonds is 5. The fourth-order valence-corrected chi connectivity index (χ4v) is 2.82. The van der Waals surface area contributed by atoms with E-state index < -0.39 is 0 Å². The Hall–Kier alpha value is -2.25. The SMILES string of the molecule is O=C(COc1ccc(Br)cc1)Nc1nc(-c2ccncc2)cs1. The normalized spacial score (nSPS) is 10.3. The van der Waals surface area contributed by atoms with Gasteiger partial charge in [-0.15, -0.1) is 11.3 Å². The molecule has 0 saturated heterocycles. The Balaban J connectivity index is 1.56. The summed E-state index contributed by atoms with van der Waals surface area (Å²) in [5.41, 5.74) is 1.77. The fraction of sp³-hybridized carbons (Fsp3) is 0.0625. The number of pyridine rings is 1. The van der Waals surface area contributed by atoms with Gasteiger partial charge in [0.15, 0.2) is 11.7 Å². The van der Waals surface area contributed by atoms with Crippen molar-refractivity contribution >= 4 is 38.3 Å². The van der Waals surface area contributed by atoms with Crippen LogP contribution < -0.4 is 10.1 Å². The maximum absolute atomic E-state index is 11.9. The van der Waals surface area contributed by atoms with Crippen LogP contribution in [-0.2, 0) is 4.79 Å². The maximum atomic E-state index is 11.9. The number of nitrogens with zero attached hydrogens (tertiary/aromatic N) is 2. The molecule has 1 amide bonds. The van der Waals surface area contributed by atoms with Crippen LogP contribution in [0.1, 0.15) is 0 Å². The summed E-state index contributed by atoms with van der Waals surface area (Å²) >= 11 is 4.72. The lowest BCUT2D eigenvalue weighted by Gasteiger charge is -2.05. The second-order valence-electron chi connectivity index (χ2n) is 4.56. The minimum atomic E-state index is -0.247. The number of halogens is 1. The number of nitrogens with one attached hydrogen (secondary N) is 1. The number of aromatic nitrogens is 2. The van der Waals surface area contributed by atoms with Crippen LogP contribution in [0.15, 0.2) is 58.6 Å². The lowest BCUT2D eigenvalue weighted by atomic mass is 10.2. The van der Waals surface area contributed by atoms with E-state index in [1.807, 2.05) is 29.6 Å². The molecule has 23 heavy (non-hydrogen) atoms. The highest BCUT2D eigenvalue weighted by Gasteiger charge is 2.08. The largest absolute Gasteiger partial charge is 0.484 e. The van der Waals surface area contributed by atoms with Crippen molar-refractivity contribution in [3.8, 4) is 17.0 Å². The second-order valence-corrected chi connectivity index (χ2v) is 6.34. The van der Waals surface area contributed by atoms with Gasteiger partial charge in [0.1, 0.15) is 5.75 Å². The van der Waals surface area contributed by atoms with Gasteiger partial charge in [0.25, 0.3) is 5.91 Å². The van der Waals surface area contributed by atoms with Gasteiger partial charge in [-0.05, 0) is 36.4 Å². The van der Waals surface area contributed by atoms with E-state index in [-0.39, 0.29) is 12.5 Å². The van der Waals surface area contributed by atoms with Crippen molar-refractivity contribution < 1.29 is 9.53 Å². The number of hydrogen-bond donors (Lipinski definition) is 1. The molecule has 3 rings (SSSR count). The summed E-state index contributed by atoms with van der Waals surface area (Å²) in [6.45, 7) is -0.0637. The van der Waals surface area contributed by atoms with Crippen molar-refractivity contribution in [2.45, 2.75) is 0 Å². The highest BCUT2D eigenvalue weighted by Crippen LogP contribution is 2.24. The van der Waals surface area contributed by atoms with Gasteiger partial charge in [-0.1, -0.05) is 15.9 Å². The molecule has 0 aliphatic carbocycles. The van der Waals surface area contributed by atoms with Gasteiger partial charge < -0.3 is 4.74 Å². The van der Waals surface area contributed by atoms with Crippen LogP contribution in [0.25, 0.3) is 11.3 Å². The van der Waals surface area contributed by atoms with Crippen molar-refractivity contribution in [1.29, 1.82) is 0 Å². The maximum Gasteiger partial charge on any atom is 0.264 e. The van der Waals surface area contributed by atoms with Gasteiger partial charge in [-0.2, -0.15) is 0 Å². The summed E-state index contributed by atoms with van der Waals surface area (Å²) in [7, 11) is 0. The number of carbonyl (C=O) groups excluding carboxylic acids is 1. The summed E-state index contributed by atoms with van der Waals surface area (Å²) < 4.78 is 6.38. The standard InChI is InChI=1S/C16H12BrN3O2S/c17-12-1-3-13(4-2-12)22-9-15(21)20-16-19-14(10-23-16)11-5-7-18-8-6-11/h1-8,10H,9H2,(H,19,20,21). The van der Waals surface area contributed by atoms with Crippen molar-refractivity contribution in [3.05, 3.63) is 58.6 Å². The molecular formula is C16H12BrN3O2S. The number of hydrogen-bond acceptors (Lipinski definition) is 5. The third-order valence-electron chi connectivity index (χ3n) is 2.91. The van der Waals surface area contributed by atoms with E-state index in [0.717, 1.165) is 15.7 Å². The average molecular weight is 390 g/mol. The third kappa shape index (κ3) is 4.37. The molecule has 0 radical (unpaired) electrons. The first-order chi connectivity index (χ1) is 11.2. The predicted octanol–water partition coefficient (Wildman–Crippen LogP) is 3.99. The summed E-state index contributed by atoms with van der Waals surface area (Å²) in [5, 5.41) is 5.16. The molecule has 0 fully saturated rings. The highest BCUT2D eigenvalue weighted by molar-refractivity contribution is 9.10. The molecule has 1 N–H and O–H groups in total. The first-order valence-corrected chi connectivity index (χ1v) is 8.42. The van der Waals surface area contributed by atoms with Gasteiger partial charge in [0, 0.05) is 27.8 Å². The van der Waals surface area contributed by atoms with Crippen LogP contribution in [0.4, 0.5) is 5.13 Å². The molecule has 7 heteroatoms. The van der Waals surface area contributed by atoms with Crippen molar-refractivity contribution in [1.82, 2.24) is 9.97 Å². The minimum Gasteiger partial charge on any atom is -0.484 e. The molecule has 2 aromatic heterocycles. The second kappa shape index (κ2) is 7.34. The number of ether oxygens (including phenoxy) is 1. The number of carbonyl (C=O) groups is 1. The number of benzene rings is 1. The smallest absolute Gasteiger partial charge is 0.264 e. The number of amides is 1. The molecule has 1 aromatic carbocycles. The molecule has 0 unspecified atom stereocenters. The average Bonchev–Trinajstić information content (AvgIpc) is 3.04.